The first-order chi connectivity index (χ1) is 9.10. The van der Waals surface area contributed by atoms with Gasteiger partial charge in [0.2, 0.25) is 0 Å². The predicted molar refractivity (Wildman–Crippen MR) is 82.4 cm³/mol. The molecule has 21 heavy (non-hydrogen) atoms. The molecule has 1 aromatic rings. The summed E-state index contributed by atoms with van der Waals surface area (Å²) in [4.78, 5) is 0. The molecule has 0 aliphatic heterocycles. The predicted octanol–water partition coefficient (Wildman–Crippen LogP) is 6.00. The van der Waals surface area contributed by atoms with Crippen LogP contribution >= 0.6 is 0 Å². The Morgan fingerprint density at radius 2 is 0.667 bits per heavy atom. The van der Waals surface area contributed by atoms with Crippen molar-refractivity contribution in [1.29, 1.82) is 0 Å². The molecule has 0 amide bonds. The Morgan fingerprint density at radius 1 is 0.429 bits per heavy atom. The summed E-state index contributed by atoms with van der Waals surface area (Å²) in [6.07, 6.45) is 0. The molecule has 0 unspecified atom stereocenters. The SMILES string of the molecule is CC(C)(C)c1c(F)c(F)c(F)c(C(C)(C)C)c1C(C)(C)C. The van der Waals surface area contributed by atoms with Crippen LogP contribution in [0.3, 0.4) is 0 Å². The maximum atomic E-state index is 14.5. The van der Waals surface area contributed by atoms with Gasteiger partial charge in [0.1, 0.15) is 0 Å². The Labute approximate surface area is 126 Å². The van der Waals surface area contributed by atoms with Crippen molar-refractivity contribution in [3.8, 4) is 0 Å². The van der Waals surface area contributed by atoms with Gasteiger partial charge in [-0.2, -0.15) is 0 Å². The molecule has 0 fully saturated rings. The van der Waals surface area contributed by atoms with Crippen molar-refractivity contribution in [2.24, 2.45) is 0 Å². The zero-order valence-electron chi connectivity index (χ0n) is 14.6. The summed E-state index contributed by atoms with van der Waals surface area (Å²) in [6.45, 7) is 16.7. The lowest BCUT2D eigenvalue weighted by molar-refractivity contribution is 0.385. The normalized spacial score (nSPS) is 13.7. The van der Waals surface area contributed by atoms with E-state index < -0.39 is 33.7 Å². The molecular weight excluding hydrogens is 273 g/mol. The van der Waals surface area contributed by atoms with E-state index in [9.17, 15) is 13.2 Å². The molecule has 1 rings (SSSR count). The van der Waals surface area contributed by atoms with E-state index in [1.807, 2.05) is 62.3 Å². The van der Waals surface area contributed by atoms with Crippen LogP contribution in [0.5, 0.6) is 0 Å². The van der Waals surface area contributed by atoms with Crippen LogP contribution in [0.1, 0.15) is 79.0 Å². The molecule has 0 bridgehead atoms. The van der Waals surface area contributed by atoms with Crippen LogP contribution in [0.2, 0.25) is 0 Å². The Kier molecular flexibility index (Phi) is 4.33. The largest absolute Gasteiger partial charge is 0.203 e. The minimum atomic E-state index is -1.36. The number of halogens is 3. The molecule has 0 saturated carbocycles. The molecule has 0 spiro atoms. The zero-order valence-corrected chi connectivity index (χ0v) is 14.6. The van der Waals surface area contributed by atoms with Crippen molar-refractivity contribution in [1.82, 2.24) is 0 Å². The second-order valence-electron chi connectivity index (χ2n) is 8.82. The third kappa shape index (κ3) is 3.27. The van der Waals surface area contributed by atoms with Crippen molar-refractivity contribution in [2.75, 3.05) is 0 Å². The molecule has 0 heterocycles. The smallest absolute Gasteiger partial charge is 0.195 e. The van der Waals surface area contributed by atoms with Gasteiger partial charge in [0.15, 0.2) is 17.5 Å². The summed E-state index contributed by atoms with van der Waals surface area (Å²) < 4.78 is 43.1. The minimum absolute atomic E-state index is 0.277. The first kappa shape index (κ1) is 18.1. The highest BCUT2D eigenvalue weighted by Crippen LogP contribution is 2.44. The molecule has 3 heteroatoms. The molecule has 0 N–H and O–H groups in total. The molecular formula is C18H27F3. The van der Waals surface area contributed by atoms with Gasteiger partial charge in [0, 0.05) is 11.1 Å². The first-order valence-corrected chi connectivity index (χ1v) is 7.32. The summed E-state index contributed by atoms with van der Waals surface area (Å²) in [5.74, 6) is -3.48. The topological polar surface area (TPSA) is 0 Å². The van der Waals surface area contributed by atoms with E-state index >= 15 is 0 Å². The molecule has 0 saturated heterocycles. The standard InChI is InChI=1S/C18H27F3/c1-16(2,3)10-11(17(4,5)6)13(19)15(21)14(20)12(10)18(7,8)9/h1-9H3. The van der Waals surface area contributed by atoms with Crippen molar-refractivity contribution in [2.45, 2.75) is 78.6 Å². The first-order valence-electron chi connectivity index (χ1n) is 7.32. The highest BCUT2D eigenvalue weighted by atomic mass is 19.2. The molecule has 0 aliphatic carbocycles. The lowest BCUT2D eigenvalue weighted by Crippen LogP contribution is -2.31. The average molecular weight is 300 g/mol. The minimum Gasteiger partial charge on any atom is -0.203 e. The maximum Gasteiger partial charge on any atom is 0.195 e. The molecule has 0 radical (unpaired) electrons. The van der Waals surface area contributed by atoms with Gasteiger partial charge in [-0.1, -0.05) is 62.3 Å². The number of hydrogen-bond acceptors (Lipinski definition) is 0. The summed E-state index contributed by atoms with van der Waals surface area (Å²) in [7, 11) is 0. The van der Waals surface area contributed by atoms with E-state index in [4.69, 9.17) is 0 Å². The van der Waals surface area contributed by atoms with Gasteiger partial charge in [0.05, 0.1) is 0 Å². The lowest BCUT2D eigenvalue weighted by Gasteiger charge is -2.37. The summed E-state index contributed by atoms with van der Waals surface area (Å²) >= 11 is 0. The molecule has 1 aromatic carbocycles. The van der Waals surface area contributed by atoms with Crippen LogP contribution in [0.25, 0.3) is 0 Å². The van der Waals surface area contributed by atoms with Gasteiger partial charge in [-0.05, 0) is 21.8 Å². The Balaban J connectivity index is 4.12. The second kappa shape index (κ2) is 5.03. The van der Waals surface area contributed by atoms with Gasteiger partial charge in [-0.3, -0.25) is 0 Å². The number of hydrogen-bond donors (Lipinski definition) is 0. The van der Waals surface area contributed by atoms with Crippen LogP contribution in [0.4, 0.5) is 13.2 Å². The van der Waals surface area contributed by atoms with Crippen LogP contribution in [-0.2, 0) is 16.2 Å². The fourth-order valence-corrected chi connectivity index (χ4v) is 2.82. The number of rotatable bonds is 0. The van der Waals surface area contributed by atoms with Crippen LogP contribution in [0, 0.1) is 17.5 Å². The fourth-order valence-electron chi connectivity index (χ4n) is 2.82. The number of benzene rings is 1. The van der Waals surface area contributed by atoms with Crippen LogP contribution in [-0.4, -0.2) is 0 Å². The fraction of sp³-hybridized carbons (Fsp3) is 0.667. The van der Waals surface area contributed by atoms with E-state index in [0.717, 1.165) is 0 Å². The van der Waals surface area contributed by atoms with Gasteiger partial charge in [-0.25, -0.2) is 13.2 Å². The Hall–Kier alpha value is -0.990. The Morgan fingerprint density at radius 3 is 0.857 bits per heavy atom. The van der Waals surface area contributed by atoms with E-state index in [2.05, 4.69) is 0 Å². The molecule has 0 nitrogen and oxygen atoms in total. The highest BCUT2D eigenvalue weighted by molar-refractivity contribution is 5.48. The maximum absolute atomic E-state index is 14.5. The van der Waals surface area contributed by atoms with Crippen LogP contribution in [0.15, 0.2) is 0 Å². The lowest BCUT2D eigenvalue weighted by atomic mass is 9.68. The van der Waals surface area contributed by atoms with Crippen LogP contribution < -0.4 is 0 Å². The zero-order chi connectivity index (χ0) is 17.0. The summed E-state index contributed by atoms with van der Waals surface area (Å²) in [6, 6.07) is 0. The van der Waals surface area contributed by atoms with Crippen molar-refractivity contribution < 1.29 is 13.2 Å². The third-order valence-corrected chi connectivity index (χ3v) is 3.57. The van der Waals surface area contributed by atoms with Crippen molar-refractivity contribution in [3.05, 3.63) is 34.1 Å². The highest BCUT2D eigenvalue weighted by Gasteiger charge is 2.38. The van der Waals surface area contributed by atoms with Gasteiger partial charge < -0.3 is 0 Å². The van der Waals surface area contributed by atoms with E-state index in [1.165, 1.54) is 0 Å². The monoisotopic (exact) mass is 300 g/mol. The summed E-state index contributed by atoms with van der Waals surface area (Å²) in [5, 5.41) is 0. The second-order valence-corrected chi connectivity index (χ2v) is 8.82. The van der Waals surface area contributed by atoms with E-state index in [-0.39, 0.29) is 11.1 Å². The molecule has 120 valence electrons. The van der Waals surface area contributed by atoms with Gasteiger partial charge in [-0.15, -0.1) is 0 Å². The molecule has 0 aliphatic rings. The average Bonchev–Trinajstić information content (AvgIpc) is 2.19. The quantitative estimate of drug-likeness (QED) is 0.516. The summed E-state index contributed by atoms with van der Waals surface area (Å²) in [5.41, 5.74) is -0.570. The van der Waals surface area contributed by atoms with E-state index in [0.29, 0.717) is 5.56 Å². The van der Waals surface area contributed by atoms with Crippen molar-refractivity contribution >= 4 is 0 Å². The van der Waals surface area contributed by atoms with Gasteiger partial charge >= 0.3 is 0 Å². The van der Waals surface area contributed by atoms with E-state index in [1.54, 1.807) is 0 Å². The molecule has 0 atom stereocenters. The molecule has 0 aromatic heterocycles. The Bertz CT molecular complexity index is 509. The van der Waals surface area contributed by atoms with Crippen molar-refractivity contribution in [3.63, 3.8) is 0 Å². The van der Waals surface area contributed by atoms with Gasteiger partial charge in [0.25, 0.3) is 0 Å². The third-order valence-electron chi connectivity index (χ3n) is 3.57.